The first-order valence-electron chi connectivity index (χ1n) is 5.45. The summed E-state index contributed by atoms with van der Waals surface area (Å²) in [5.41, 5.74) is 1.91. The minimum Gasteiger partial charge on any atom is -0.478 e. The number of para-hydroxylation sites is 1. The number of hydrogen-bond donors (Lipinski definition) is 1. The van der Waals surface area contributed by atoms with Crippen molar-refractivity contribution in [1.29, 1.82) is 0 Å². The predicted molar refractivity (Wildman–Crippen MR) is 64.5 cm³/mol. The van der Waals surface area contributed by atoms with Crippen LogP contribution in [0.15, 0.2) is 47.4 Å². The molecule has 2 heterocycles. The van der Waals surface area contributed by atoms with Crippen molar-refractivity contribution in [3.8, 4) is 0 Å². The highest BCUT2D eigenvalue weighted by molar-refractivity contribution is 6.02. The molecule has 1 N–H and O–H groups in total. The third-order valence-corrected chi connectivity index (χ3v) is 2.86. The summed E-state index contributed by atoms with van der Waals surface area (Å²) in [6.07, 6.45) is 5.04. The van der Waals surface area contributed by atoms with Crippen LogP contribution in [-0.2, 0) is 6.54 Å². The first-order valence-corrected chi connectivity index (χ1v) is 5.45. The molecule has 18 heavy (non-hydrogen) atoms. The average molecular weight is 242 g/mol. The summed E-state index contributed by atoms with van der Waals surface area (Å²) < 4.78 is 6.65. The van der Waals surface area contributed by atoms with Crippen LogP contribution in [0.5, 0.6) is 0 Å². The highest BCUT2D eigenvalue weighted by Crippen LogP contribution is 2.21. The van der Waals surface area contributed by atoms with Gasteiger partial charge in [-0.2, -0.15) is 0 Å². The molecule has 0 aliphatic rings. The van der Waals surface area contributed by atoms with Crippen molar-refractivity contribution in [2.45, 2.75) is 6.54 Å². The summed E-state index contributed by atoms with van der Waals surface area (Å²) in [5.74, 6) is -0.925. The number of rotatable bonds is 3. The standard InChI is InChI=1S/C13H10N2O3/c16-13(17)11-3-1-2-10-4-5-15(12(10)11)7-9-6-14-18-8-9/h1-6,8H,7H2,(H,16,17). The van der Waals surface area contributed by atoms with Gasteiger partial charge in [-0.05, 0) is 12.1 Å². The third-order valence-electron chi connectivity index (χ3n) is 2.86. The Balaban J connectivity index is 2.15. The second kappa shape index (κ2) is 4.03. The summed E-state index contributed by atoms with van der Waals surface area (Å²) in [5, 5.41) is 13.8. The Morgan fingerprint density at radius 2 is 2.28 bits per heavy atom. The molecule has 0 unspecified atom stereocenters. The van der Waals surface area contributed by atoms with Crippen LogP contribution in [0.2, 0.25) is 0 Å². The Morgan fingerprint density at radius 1 is 1.39 bits per heavy atom. The van der Waals surface area contributed by atoms with E-state index in [-0.39, 0.29) is 0 Å². The summed E-state index contributed by atoms with van der Waals surface area (Å²) in [6.45, 7) is 0.539. The highest BCUT2D eigenvalue weighted by atomic mass is 16.5. The second-order valence-electron chi connectivity index (χ2n) is 4.02. The number of carboxylic acid groups (broad SMARTS) is 1. The maximum absolute atomic E-state index is 11.2. The van der Waals surface area contributed by atoms with Crippen LogP contribution in [-0.4, -0.2) is 20.8 Å². The highest BCUT2D eigenvalue weighted by Gasteiger charge is 2.12. The molecule has 2 aromatic heterocycles. The molecule has 90 valence electrons. The monoisotopic (exact) mass is 242 g/mol. The van der Waals surface area contributed by atoms with E-state index in [4.69, 9.17) is 4.52 Å². The van der Waals surface area contributed by atoms with E-state index in [1.54, 1.807) is 24.6 Å². The molecule has 0 aliphatic carbocycles. The number of fused-ring (bicyclic) bond motifs is 1. The first-order chi connectivity index (χ1) is 8.75. The molecule has 0 saturated heterocycles. The Kier molecular flexibility index (Phi) is 2.37. The molecule has 0 fully saturated rings. The van der Waals surface area contributed by atoms with Crippen LogP contribution in [0, 0.1) is 0 Å². The quantitative estimate of drug-likeness (QED) is 0.765. The molecular weight excluding hydrogens is 232 g/mol. The van der Waals surface area contributed by atoms with Gasteiger partial charge in [0.1, 0.15) is 6.26 Å². The molecule has 0 bridgehead atoms. The van der Waals surface area contributed by atoms with Gasteiger partial charge < -0.3 is 14.2 Å². The lowest BCUT2D eigenvalue weighted by atomic mass is 10.1. The minimum atomic E-state index is -0.925. The smallest absolute Gasteiger partial charge is 0.337 e. The maximum Gasteiger partial charge on any atom is 0.337 e. The van der Waals surface area contributed by atoms with E-state index in [1.807, 2.05) is 22.9 Å². The van der Waals surface area contributed by atoms with Gasteiger partial charge in [0.25, 0.3) is 0 Å². The van der Waals surface area contributed by atoms with E-state index in [0.717, 1.165) is 10.9 Å². The average Bonchev–Trinajstić information content (AvgIpc) is 2.99. The van der Waals surface area contributed by atoms with E-state index in [0.29, 0.717) is 17.6 Å². The number of carbonyl (C=O) groups is 1. The van der Waals surface area contributed by atoms with Crippen LogP contribution in [0.3, 0.4) is 0 Å². The zero-order chi connectivity index (χ0) is 12.5. The van der Waals surface area contributed by atoms with Gasteiger partial charge in [0.2, 0.25) is 0 Å². The second-order valence-corrected chi connectivity index (χ2v) is 4.02. The molecule has 0 aliphatic heterocycles. The van der Waals surface area contributed by atoms with Crippen molar-refractivity contribution >= 4 is 16.9 Å². The van der Waals surface area contributed by atoms with Crippen LogP contribution in [0.25, 0.3) is 10.9 Å². The Morgan fingerprint density at radius 3 is 3.00 bits per heavy atom. The van der Waals surface area contributed by atoms with Gasteiger partial charge in [0, 0.05) is 17.1 Å². The normalized spacial score (nSPS) is 10.9. The molecule has 3 rings (SSSR count). The molecule has 5 nitrogen and oxygen atoms in total. The zero-order valence-corrected chi connectivity index (χ0v) is 9.41. The molecular formula is C13H10N2O3. The van der Waals surface area contributed by atoms with Crippen molar-refractivity contribution in [2.24, 2.45) is 0 Å². The Hall–Kier alpha value is -2.56. The predicted octanol–water partition coefficient (Wildman–Crippen LogP) is 2.38. The van der Waals surface area contributed by atoms with Gasteiger partial charge >= 0.3 is 5.97 Å². The van der Waals surface area contributed by atoms with E-state index >= 15 is 0 Å². The van der Waals surface area contributed by atoms with Crippen molar-refractivity contribution in [1.82, 2.24) is 9.72 Å². The van der Waals surface area contributed by atoms with Crippen molar-refractivity contribution in [3.05, 3.63) is 54.0 Å². The van der Waals surface area contributed by atoms with Crippen molar-refractivity contribution < 1.29 is 14.4 Å². The summed E-state index contributed by atoms with van der Waals surface area (Å²) in [6, 6.07) is 7.14. The van der Waals surface area contributed by atoms with Crippen LogP contribution >= 0.6 is 0 Å². The molecule has 0 saturated carbocycles. The van der Waals surface area contributed by atoms with Crippen molar-refractivity contribution in [3.63, 3.8) is 0 Å². The molecule has 0 radical (unpaired) electrons. The van der Waals surface area contributed by atoms with E-state index in [9.17, 15) is 9.90 Å². The van der Waals surface area contributed by atoms with E-state index < -0.39 is 5.97 Å². The van der Waals surface area contributed by atoms with Gasteiger partial charge in [0.05, 0.1) is 23.8 Å². The number of nitrogens with zero attached hydrogens (tertiary/aromatic N) is 2. The van der Waals surface area contributed by atoms with Gasteiger partial charge in [-0.3, -0.25) is 0 Å². The summed E-state index contributed by atoms with van der Waals surface area (Å²) >= 11 is 0. The fourth-order valence-electron chi connectivity index (χ4n) is 2.07. The van der Waals surface area contributed by atoms with E-state index in [2.05, 4.69) is 5.16 Å². The third kappa shape index (κ3) is 1.66. The number of aromatic carboxylic acids is 1. The van der Waals surface area contributed by atoms with Gasteiger partial charge in [-0.15, -0.1) is 0 Å². The number of benzene rings is 1. The largest absolute Gasteiger partial charge is 0.478 e. The Labute approximate surface area is 102 Å². The molecule has 0 amide bonds. The SMILES string of the molecule is O=C(O)c1cccc2ccn(Cc3cnoc3)c12. The Bertz CT molecular complexity index is 698. The van der Waals surface area contributed by atoms with Crippen LogP contribution in [0.4, 0.5) is 0 Å². The number of aromatic nitrogens is 2. The number of hydrogen-bond acceptors (Lipinski definition) is 3. The van der Waals surface area contributed by atoms with E-state index in [1.165, 1.54) is 0 Å². The molecule has 0 atom stereocenters. The molecule has 0 spiro atoms. The topological polar surface area (TPSA) is 68.3 Å². The van der Waals surface area contributed by atoms with Crippen LogP contribution < -0.4 is 0 Å². The fraction of sp³-hybridized carbons (Fsp3) is 0.0769. The molecule has 3 aromatic rings. The fourth-order valence-corrected chi connectivity index (χ4v) is 2.07. The number of carboxylic acids is 1. The molecule has 5 heteroatoms. The van der Waals surface area contributed by atoms with Gasteiger partial charge in [0.15, 0.2) is 0 Å². The van der Waals surface area contributed by atoms with Crippen LogP contribution in [0.1, 0.15) is 15.9 Å². The molecule has 1 aromatic carbocycles. The lowest BCUT2D eigenvalue weighted by Gasteiger charge is -2.05. The maximum atomic E-state index is 11.2. The lowest BCUT2D eigenvalue weighted by molar-refractivity contribution is 0.0698. The van der Waals surface area contributed by atoms with Gasteiger partial charge in [-0.25, -0.2) is 4.79 Å². The van der Waals surface area contributed by atoms with Gasteiger partial charge in [-0.1, -0.05) is 17.3 Å². The first kappa shape index (κ1) is 10.6. The lowest BCUT2D eigenvalue weighted by Crippen LogP contribution is -2.03. The summed E-state index contributed by atoms with van der Waals surface area (Å²) in [4.78, 5) is 11.2. The zero-order valence-electron chi connectivity index (χ0n) is 9.41. The minimum absolute atomic E-state index is 0.300. The van der Waals surface area contributed by atoms with Crippen molar-refractivity contribution in [2.75, 3.05) is 0 Å². The summed E-state index contributed by atoms with van der Waals surface area (Å²) in [7, 11) is 0.